The smallest absolute Gasteiger partial charge is 0.191 e. The molecule has 0 aromatic heterocycles. The topological polar surface area (TPSA) is 65.9 Å². The summed E-state index contributed by atoms with van der Waals surface area (Å²) >= 11 is 0. The predicted molar refractivity (Wildman–Crippen MR) is 87.1 cm³/mol. The molecule has 1 unspecified atom stereocenters. The molecule has 1 saturated heterocycles. The lowest BCUT2D eigenvalue weighted by Gasteiger charge is -2.31. The molecule has 0 spiro atoms. The van der Waals surface area contributed by atoms with Crippen LogP contribution in [0.5, 0.6) is 0 Å². The number of ether oxygens (including phenoxy) is 1. The van der Waals surface area contributed by atoms with Crippen LogP contribution in [-0.4, -0.2) is 50.5 Å². The molecule has 1 aliphatic heterocycles. The first-order chi connectivity index (χ1) is 8.78. The van der Waals surface area contributed by atoms with Crippen LogP contribution in [0.3, 0.4) is 0 Å². The second-order valence-electron chi connectivity index (χ2n) is 5.47. The summed E-state index contributed by atoms with van der Waals surface area (Å²) in [5, 5.41) is 16.0. The van der Waals surface area contributed by atoms with Gasteiger partial charge in [0.05, 0.1) is 6.61 Å². The Morgan fingerprint density at radius 3 is 2.74 bits per heavy atom. The Labute approximate surface area is 132 Å². The molecule has 2 fully saturated rings. The molecule has 112 valence electrons. The number of halogens is 1. The van der Waals surface area contributed by atoms with E-state index in [0.29, 0.717) is 6.04 Å². The van der Waals surface area contributed by atoms with Gasteiger partial charge in [-0.3, -0.25) is 4.99 Å². The average molecular weight is 383 g/mol. The standard InChI is InChI=1S/C13H25N3O2.HI/c1-14-12(16-11-3-2-4-11)15-9-13(5-7-17)6-8-18-10-13;/h11,17H,2-10H2,1H3,(H2,14,15,16);1H. The third kappa shape index (κ3) is 4.75. The van der Waals surface area contributed by atoms with Crippen molar-refractivity contribution in [1.29, 1.82) is 0 Å². The highest BCUT2D eigenvalue weighted by atomic mass is 127. The molecule has 6 heteroatoms. The van der Waals surface area contributed by atoms with E-state index in [4.69, 9.17) is 4.74 Å². The zero-order valence-corrected chi connectivity index (χ0v) is 14.0. The van der Waals surface area contributed by atoms with Gasteiger partial charge in [0.1, 0.15) is 0 Å². The molecular weight excluding hydrogens is 357 g/mol. The van der Waals surface area contributed by atoms with Crippen LogP contribution in [0.2, 0.25) is 0 Å². The first-order valence-corrected chi connectivity index (χ1v) is 6.94. The molecule has 0 radical (unpaired) electrons. The van der Waals surface area contributed by atoms with Crippen LogP contribution in [-0.2, 0) is 4.74 Å². The molecule has 0 amide bonds. The van der Waals surface area contributed by atoms with Gasteiger partial charge in [-0.2, -0.15) is 0 Å². The fourth-order valence-electron chi connectivity index (χ4n) is 2.52. The first kappa shape index (κ1) is 17.0. The van der Waals surface area contributed by atoms with Gasteiger partial charge in [0.25, 0.3) is 0 Å². The number of aliphatic imine (C=N–C) groups is 1. The fraction of sp³-hybridized carbons (Fsp3) is 0.923. The maximum Gasteiger partial charge on any atom is 0.191 e. The summed E-state index contributed by atoms with van der Waals surface area (Å²) in [5.74, 6) is 0.879. The van der Waals surface area contributed by atoms with Gasteiger partial charge in [-0.15, -0.1) is 24.0 Å². The van der Waals surface area contributed by atoms with Crippen LogP contribution in [0.15, 0.2) is 4.99 Å². The molecule has 1 aliphatic carbocycles. The molecule has 1 heterocycles. The zero-order valence-electron chi connectivity index (χ0n) is 11.7. The molecule has 2 rings (SSSR count). The van der Waals surface area contributed by atoms with E-state index in [-0.39, 0.29) is 36.0 Å². The highest BCUT2D eigenvalue weighted by Crippen LogP contribution is 2.31. The lowest BCUT2D eigenvalue weighted by atomic mass is 9.84. The van der Waals surface area contributed by atoms with Crippen LogP contribution in [0.1, 0.15) is 32.1 Å². The number of guanidine groups is 1. The van der Waals surface area contributed by atoms with Crippen molar-refractivity contribution in [3.8, 4) is 0 Å². The summed E-state index contributed by atoms with van der Waals surface area (Å²) in [5.41, 5.74) is 0.0754. The average Bonchev–Trinajstić information content (AvgIpc) is 2.77. The molecular formula is C13H26IN3O2. The number of aliphatic hydroxyl groups is 1. The Hall–Kier alpha value is -0.0800. The zero-order chi connectivity index (χ0) is 12.8. The molecule has 19 heavy (non-hydrogen) atoms. The quantitative estimate of drug-likeness (QED) is 0.378. The minimum absolute atomic E-state index is 0. The maximum absolute atomic E-state index is 9.18. The van der Waals surface area contributed by atoms with Gasteiger partial charge >= 0.3 is 0 Å². The van der Waals surface area contributed by atoms with Crippen molar-refractivity contribution < 1.29 is 9.84 Å². The van der Waals surface area contributed by atoms with Crippen molar-refractivity contribution in [3.63, 3.8) is 0 Å². The van der Waals surface area contributed by atoms with Gasteiger partial charge in [-0.25, -0.2) is 0 Å². The van der Waals surface area contributed by atoms with Crippen LogP contribution in [0, 0.1) is 5.41 Å². The van der Waals surface area contributed by atoms with Gasteiger partial charge in [0.2, 0.25) is 0 Å². The second kappa shape index (κ2) is 8.26. The molecule has 1 atom stereocenters. The Kier molecular flexibility index (Phi) is 7.38. The number of nitrogens with one attached hydrogen (secondary N) is 2. The van der Waals surface area contributed by atoms with Gasteiger partial charge in [0.15, 0.2) is 5.96 Å². The molecule has 3 N–H and O–H groups in total. The van der Waals surface area contributed by atoms with Crippen molar-refractivity contribution in [2.24, 2.45) is 10.4 Å². The normalized spacial score (nSPS) is 27.6. The van der Waals surface area contributed by atoms with Gasteiger partial charge in [-0.05, 0) is 32.1 Å². The predicted octanol–water partition coefficient (Wildman–Crippen LogP) is 1.11. The molecule has 1 saturated carbocycles. The van der Waals surface area contributed by atoms with Crippen molar-refractivity contribution in [2.45, 2.75) is 38.1 Å². The summed E-state index contributed by atoms with van der Waals surface area (Å²) in [4.78, 5) is 4.25. The monoisotopic (exact) mass is 383 g/mol. The van der Waals surface area contributed by atoms with E-state index in [1.807, 2.05) is 0 Å². The molecule has 0 bridgehead atoms. The fourth-order valence-corrected chi connectivity index (χ4v) is 2.52. The molecule has 0 aromatic carbocycles. The van der Waals surface area contributed by atoms with Crippen molar-refractivity contribution in [1.82, 2.24) is 10.6 Å². The van der Waals surface area contributed by atoms with E-state index < -0.39 is 0 Å². The lowest BCUT2D eigenvalue weighted by molar-refractivity contribution is 0.127. The van der Waals surface area contributed by atoms with Crippen molar-refractivity contribution >= 4 is 29.9 Å². The minimum atomic E-state index is 0. The number of rotatable bonds is 5. The van der Waals surface area contributed by atoms with E-state index in [0.717, 1.165) is 38.6 Å². The summed E-state index contributed by atoms with van der Waals surface area (Å²) < 4.78 is 5.48. The van der Waals surface area contributed by atoms with Crippen LogP contribution >= 0.6 is 24.0 Å². The highest BCUT2D eigenvalue weighted by Gasteiger charge is 2.34. The molecule has 0 aromatic rings. The second-order valence-corrected chi connectivity index (χ2v) is 5.47. The summed E-state index contributed by atoms with van der Waals surface area (Å²) in [7, 11) is 1.80. The van der Waals surface area contributed by atoms with Gasteiger partial charge in [0, 0.05) is 38.3 Å². The van der Waals surface area contributed by atoms with E-state index in [1.165, 1.54) is 19.3 Å². The first-order valence-electron chi connectivity index (χ1n) is 6.94. The Bertz CT molecular complexity index is 290. The molecule has 2 aliphatic rings. The third-order valence-corrected chi connectivity index (χ3v) is 4.13. The van der Waals surface area contributed by atoms with E-state index >= 15 is 0 Å². The Morgan fingerprint density at radius 1 is 1.47 bits per heavy atom. The largest absolute Gasteiger partial charge is 0.396 e. The van der Waals surface area contributed by atoms with E-state index in [2.05, 4.69) is 15.6 Å². The SMILES string of the molecule is CN=C(NCC1(CCO)CCOC1)NC1CCC1.I. The molecule has 5 nitrogen and oxygen atoms in total. The summed E-state index contributed by atoms with van der Waals surface area (Å²) in [6, 6.07) is 0.588. The number of nitrogens with zero attached hydrogens (tertiary/aromatic N) is 1. The maximum atomic E-state index is 9.18. The Balaban J connectivity index is 0.00000180. The van der Waals surface area contributed by atoms with E-state index in [9.17, 15) is 5.11 Å². The van der Waals surface area contributed by atoms with E-state index in [1.54, 1.807) is 7.05 Å². The minimum Gasteiger partial charge on any atom is -0.396 e. The Morgan fingerprint density at radius 2 is 2.26 bits per heavy atom. The summed E-state index contributed by atoms with van der Waals surface area (Å²) in [6.45, 7) is 2.58. The van der Waals surface area contributed by atoms with Crippen molar-refractivity contribution in [3.05, 3.63) is 0 Å². The van der Waals surface area contributed by atoms with Crippen LogP contribution in [0.25, 0.3) is 0 Å². The summed E-state index contributed by atoms with van der Waals surface area (Å²) in [6.07, 6.45) is 5.61. The van der Waals surface area contributed by atoms with Gasteiger partial charge < -0.3 is 20.5 Å². The number of hydrogen-bond donors (Lipinski definition) is 3. The van der Waals surface area contributed by atoms with Crippen LogP contribution < -0.4 is 10.6 Å². The lowest BCUT2D eigenvalue weighted by Crippen LogP contribution is -2.49. The number of hydrogen-bond acceptors (Lipinski definition) is 3. The van der Waals surface area contributed by atoms with Crippen molar-refractivity contribution in [2.75, 3.05) is 33.4 Å². The van der Waals surface area contributed by atoms with Gasteiger partial charge in [-0.1, -0.05) is 0 Å². The highest BCUT2D eigenvalue weighted by molar-refractivity contribution is 14.0. The third-order valence-electron chi connectivity index (χ3n) is 4.13. The number of aliphatic hydroxyl groups excluding tert-OH is 1. The van der Waals surface area contributed by atoms with Crippen LogP contribution in [0.4, 0.5) is 0 Å².